The summed E-state index contributed by atoms with van der Waals surface area (Å²) in [5.41, 5.74) is 3.66. The van der Waals surface area contributed by atoms with E-state index in [1.807, 2.05) is 19.0 Å². The number of nitrogens with one attached hydrogen (secondary N) is 1. The van der Waals surface area contributed by atoms with E-state index in [1.165, 1.54) is 17.0 Å². The summed E-state index contributed by atoms with van der Waals surface area (Å²) in [6, 6.07) is 0. The molecule has 0 saturated carbocycles. The highest BCUT2D eigenvalue weighted by atomic mass is 16.5. The Bertz CT molecular complexity index is 382. The Labute approximate surface area is 122 Å². The van der Waals surface area contributed by atoms with Gasteiger partial charge >= 0.3 is 0 Å². The van der Waals surface area contributed by atoms with Crippen LogP contribution < -0.4 is 10.2 Å². The SMILES string of the molecule is CCc1nc(N(C)C)nc(CC)c1CCNCCOC. The van der Waals surface area contributed by atoms with Crippen LogP contribution in [-0.4, -0.2) is 50.9 Å². The van der Waals surface area contributed by atoms with Gasteiger partial charge in [-0.25, -0.2) is 9.97 Å². The maximum atomic E-state index is 5.03. The second kappa shape index (κ2) is 8.87. The number of rotatable bonds is 9. The van der Waals surface area contributed by atoms with Crippen LogP contribution >= 0.6 is 0 Å². The van der Waals surface area contributed by atoms with Gasteiger partial charge in [0.15, 0.2) is 0 Å². The smallest absolute Gasteiger partial charge is 0.225 e. The minimum absolute atomic E-state index is 0.747. The fourth-order valence-electron chi connectivity index (χ4n) is 2.15. The third-order valence-corrected chi connectivity index (χ3v) is 3.27. The van der Waals surface area contributed by atoms with Crippen molar-refractivity contribution < 1.29 is 4.74 Å². The van der Waals surface area contributed by atoms with Crippen molar-refractivity contribution in [2.45, 2.75) is 33.1 Å². The van der Waals surface area contributed by atoms with Crippen molar-refractivity contribution >= 4 is 5.95 Å². The molecule has 0 aliphatic heterocycles. The summed E-state index contributed by atoms with van der Waals surface area (Å²) >= 11 is 0. The molecule has 0 radical (unpaired) electrons. The van der Waals surface area contributed by atoms with Crippen LogP contribution in [0.4, 0.5) is 5.95 Å². The zero-order valence-corrected chi connectivity index (χ0v) is 13.5. The summed E-state index contributed by atoms with van der Waals surface area (Å²) < 4.78 is 5.03. The lowest BCUT2D eigenvalue weighted by Crippen LogP contribution is -2.23. The Morgan fingerprint density at radius 2 is 1.65 bits per heavy atom. The average molecular weight is 280 g/mol. The average Bonchev–Trinajstić information content (AvgIpc) is 2.46. The Kier molecular flexibility index (Phi) is 7.47. The van der Waals surface area contributed by atoms with E-state index in [4.69, 9.17) is 4.74 Å². The fraction of sp³-hybridized carbons (Fsp3) is 0.733. The van der Waals surface area contributed by atoms with E-state index >= 15 is 0 Å². The van der Waals surface area contributed by atoms with E-state index in [1.54, 1.807) is 7.11 Å². The van der Waals surface area contributed by atoms with Crippen molar-refractivity contribution in [3.63, 3.8) is 0 Å². The highest BCUT2D eigenvalue weighted by Crippen LogP contribution is 2.17. The van der Waals surface area contributed by atoms with E-state index in [-0.39, 0.29) is 0 Å². The number of aryl methyl sites for hydroxylation is 2. The van der Waals surface area contributed by atoms with Gasteiger partial charge in [-0.2, -0.15) is 0 Å². The number of ether oxygens (including phenoxy) is 1. The molecule has 0 unspecified atom stereocenters. The van der Waals surface area contributed by atoms with Gasteiger partial charge in [0.2, 0.25) is 5.95 Å². The van der Waals surface area contributed by atoms with Gasteiger partial charge < -0.3 is 15.0 Å². The monoisotopic (exact) mass is 280 g/mol. The van der Waals surface area contributed by atoms with Crippen LogP contribution in [0.5, 0.6) is 0 Å². The maximum Gasteiger partial charge on any atom is 0.225 e. The molecule has 0 aliphatic carbocycles. The molecule has 0 aromatic carbocycles. The first-order valence-electron chi connectivity index (χ1n) is 7.39. The first-order valence-corrected chi connectivity index (χ1v) is 7.39. The molecule has 1 aromatic heterocycles. The summed E-state index contributed by atoms with van der Waals surface area (Å²) in [5, 5.41) is 3.38. The second-order valence-electron chi connectivity index (χ2n) is 4.99. The molecule has 1 rings (SSSR count). The lowest BCUT2D eigenvalue weighted by atomic mass is 10.0. The van der Waals surface area contributed by atoms with Gasteiger partial charge in [-0.05, 0) is 31.4 Å². The van der Waals surface area contributed by atoms with Crippen molar-refractivity contribution in [2.24, 2.45) is 0 Å². The molecule has 114 valence electrons. The molecular weight excluding hydrogens is 252 g/mol. The van der Waals surface area contributed by atoms with Crippen molar-refractivity contribution in [2.75, 3.05) is 45.8 Å². The van der Waals surface area contributed by atoms with Gasteiger partial charge in [-0.3, -0.25) is 0 Å². The normalized spacial score (nSPS) is 10.8. The maximum absolute atomic E-state index is 5.03. The van der Waals surface area contributed by atoms with Crippen LogP contribution in [0.1, 0.15) is 30.8 Å². The van der Waals surface area contributed by atoms with Crippen molar-refractivity contribution in [3.05, 3.63) is 17.0 Å². The van der Waals surface area contributed by atoms with Gasteiger partial charge in [-0.1, -0.05) is 13.8 Å². The van der Waals surface area contributed by atoms with Crippen molar-refractivity contribution in [1.82, 2.24) is 15.3 Å². The summed E-state index contributed by atoms with van der Waals surface area (Å²) in [6.07, 6.45) is 2.87. The molecule has 1 heterocycles. The fourth-order valence-corrected chi connectivity index (χ4v) is 2.15. The Morgan fingerprint density at radius 3 is 2.10 bits per heavy atom. The second-order valence-corrected chi connectivity index (χ2v) is 4.99. The number of hydrogen-bond donors (Lipinski definition) is 1. The summed E-state index contributed by atoms with van der Waals surface area (Å²) in [7, 11) is 5.69. The summed E-state index contributed by atoms with van der Waals surface area (Å²) in [4.78, 5) is 11.3. The Morgan fingerprint density at radius 1 is 1.05 bits per heavy atom. The molecule has 1 aromatic rings. The predicted octanol–water partition coefficient (Wildman–Crippen LogP) is 1.45. The highest BCUT2D eigenvalue weighted by molar-refractivity contribution is 5.36. The first-order chi connectivity index (χ1) is 9.63. The van der Waals surface area contributed by atoms with Gasteiger partial charge in [0.25, 0.3) is 0 Å². The molecule has 0 aliphatic rings. The molecule has 0 fully saturated rings. The van der Waals surface area contributed by atoms with E-state index < -0.39 is 0 Å². The Hall–Kier alpha value is -1.20. The molecule has 0 spiro atoms. The molecule has 0 amide bonds. The van der Waals surface area contributed by atoms with Crippen LogP contribution in [0.15, 0.2) is 0 Å². The lowest BCUT2D eigenvalue weighted by Gasteiger charge is -2.17. The highest BCUT2D eigenvalue weighted by Gasteiger charge is 2.12. The third-order valence-electron chi connectivity index (χ3n) is 3.27. The predicted molar refractivity (Wildman–Crippen MR) is 83.6 cm³/mol. The van der Waals surface area contributed by atoms with Crippen LogP contribution in [0.25, 0.3) is 0 Å². The van der Waals surface area contributed by atoms with Crippen molar-refractivity contribution in [1.29, 1.82) is 0 Å². The number of anilines is 1. The molecule has 0 atom stereocenters. The van der Waals surface area contributed by atoms with E-state index in [0.29, 0.717) is 0 Å². The van der Waals surface area contributed by atoms with Crippen LogP contribution in [0.2, 0.25) is 0 Å². The van der Waals surface area contributed by atoms with Crippen LogP contribution in [0, 0.1) is 0 Å². The van der Waals surface area contributed by atoms with Crippen molar-refractivity contribution in [3.8, 4) is 0 Å². The van der Waals surface area contributed by atoms with E-state index in [2.05, 4.69) is 29.1 Å². The number of nitrogens with zero attached hydrogens (tertiary/aromatic N) is 3. The molecule has 0 bridgehead atoms. The van der Waals surface area contributed by atoms with Crippen LogP contribution in [-0.2, 0) is 24.0 Å². The van der Waals surface area contributed by atoms with E-state index in [9.17, 15) is 0 Å². The zero-order valence-electron chi connectivity index (χ0n) is 13.5. The number of aromatic nitrogens is 2. The van der Waals surface area contributed by atoms with E-state index in [0.717, 1.165) is 44.9 Å². The molecule has 5 nitrogen and oxygen atoms in total. The quantitative estimate of drug-likeness (QED) is 0.694. The minimum Gasteiger partial charge on any atom is -0.383 e. The molecule has 1 N–H and O–H groups in total. The largest absolute Gasteiger partial charge is 0.383 e. The summed E-state index contributed by atoms with van der Waals surface area (Å²) in [5.74, 6) is 0.815. The minimum atomic E-state index is 0.747. The Balaban J connectivity index is 2.82. The lowest BCUT2D eigenvalue weighted by molar-refractivity contribution is 0.199. The zero-order chi connectivity index (χ0) is 15.0. The molecule has 0 saturated heterocycles. The van der Waals surface area contributed by atoms with Gasteiger partial charge in [0, 0.05) is 39.1 Å². The topological polar surface area (TPSA) is 50.3 Å². The molecule has 20 heavy (non-hydrogen) atoms. The van der Waals surface area contributed by atoms with Gasteiger partial charge in [-0.15, -0.1) is 0 Å². The third kappa shape index (κ3) is 4.72. The van der Waals surface area contributed by atoms with Gasteiger partial charge in [0.1, 0.15) is 0 Å². The molecule has 5 heteroatoms. The number of methoxy groups -OCH3 is 1. The standard InChI is InChI=1S/C15H28N4O/c1-6-13-12(8-9-16-10-11-20-5)14(7-2)18-15(17-13)19(3)4/h16H,6-11H2,1-5H3. The first kappa shape index (κ1) is 16.9. The van der Waals surface area contributed by atoms with Gasteiger partial charge in [0.05, 0.1) is 6.61 Å². The summed E-state index contributed by atoms with van der Waals surface area (Å²) in [6.45, 7) is 6.88. The molecular formula is C15H28N4O. The number of hydrogen-bond acceptors (Lipinski definition) is 5. The van der Waals surface area contributed by atoms with Crippen LogP contribution in [0.3, 0.4) is 0 Å².